The minimum atomic E-state index is 0.734. The Morgan fingerprint density at radius 2 is 2.27 bits per heavy atom. The van der Waals surface area contributed by atoms with Crippen LogP contribution in [0, 0.1) is 0 Å². The van der Waals surface area contributed by atoms with Gasteiger partial charge in [-0.3, -0.25) is 0 Å². The monoisotopic (exact) mass is 156 g/mol. The van der Waals surface area contributed by atoms with Gasteiger partial charge in [0, 0.05) is 12.6 Å². The quantitative estimate of drug-likeness (QED) is 0.640. The van der Waals surface area contributed by atoms with E-state index in [0.29, 0.717) is 0 Å². The minimum Gasteiger partial charge on any atom is -0.315 e. The molecule has 0 aromatic carbocycles. The topological polar surface area (TPSA) is 24.1 Å². The number of hydrogen-bond donors (Lipinski definition) is 2. The molecule has 66 valence electrons. The lowest BCUT2D eigenvalue weighted by molar-refractivity contribution is 0.477. The van der Waals surface area contributed by atoms with Crippen LogP contribution in [-0.4, -0.2) is 25.7 Å². The van der Waals surface area contributed by atoms with Gasteiger partial charge in [0.25, 0.3) is 0 Å². The molecule has 0 bridgehead atoms. The second-order valence-corrected chi connectivity index (χ2v) is 3.31. The highest BCUT2D eigenvalue weighted by Gasteiger charge is 2.09. The summed E-state index contributed by atoms with van der Waals surface area (Å²) < 4.78 is 0. The average Bonchev–Trinajstić information content (AvgIpc) is 2.28. The molecular weight excluding hydrogens is 136 g/mol. The van der Waals surface area contributed by atoms with Crippen molar-refractivity contribution in [3.8, 4) is 0 Å². The average molecular weight is 156 g/mol. The molecule has 2 heteroatoms. The summed E-state index contributed by atoms with van der Waals surface area (Å²) in [6.07, 6.45) is 5.54. The van der Waals surface area contributed by atoms with Gasteiger partial charge in [-0.05, 0) is 25.9 Å². The van der Waals surface area contributed by atoms with E-state index in [1.165, 1.54) is 32.2 Å². The molecule has 0 saturated carbocycles. The maximum absolute atomic E-state index is 3.55. The van der Waals surface area contributed by atoms with Gasteiger partial charge in [-0.15, -0.1) is 0 Å². The molecule has 0 spiro atoms. The first-order valence-corrected chi connectivity index (χ1v) is 4.87. The maximum atomic E-state index is 3.55. The lowest BCUT2D eigenvalue weighted by atomic mass is 10.1. The molecule has 1 unspecified atom stereocenters. The van der Waals surface area contributed by atoms with E-state index in [1.807, 2.05) is 0 Å². The summed E-state index contributed by atoms with van der Waals surface area (Å²) in [5, 5.41) is 6.94. The van der Waals surface area contributed by atoms with Gasteiger partial charge in [-0.25, -0.2) is 0 Å². The summed E-state index contributed by atoms with van der Waals surface area (Å²) in [5.74, 6) is 0. The Morgan fingerprint density at radius 3 is 3.09 bits per heavy atom. The van der Waals surface area contributed by atoms with Crippen LogP contribution in [0.15, 0.2) is 0 Å². The normalized spacial score (nSPS) is 26.5. The fourth-order valence-corrected chi connectivity index (χ4v) is 1.59. The zero-order valence-electron chi connectivity index (χ0n) is 7.53. The van der Waals surface area contributed by atoms with Gasteiger partial charge >= 0.3 is 0 Å². The third-order valence-electron chi connectivity index (χ3n) is 2.30. The van der Waals surface area contributed by atoms with Crippen molar-refractivity contribution >= 4 is 0 Å². The molecular formula is C9H20N2. The van der Waals surface area contributed by atoms with Crippen molar-refractivity contribution in [1.29, 1.82) is 0 Å². The van der Waals surface area contributed by atoms with Crippen LogP contribution in [0.2, 0.25) is 0 Å². The largest absolute Gasteiger partial charge is 0.315 e. The van der Waals surface area contributed by atoms with Gasteiger partial charge in [-0.2, -0.15) is 0 Å². The summed E-state index contributed by atoms with van der Waals surface area (Å²) in [6.45, 7) is 5.63. The number of likely N-dealkylation sites (N-methyl/N-ethyl adjacent to an activating group) is 1. The Labute approximate surface area is 69.8 Å². The first kappa shape index (κ1) is 9.01. The first-order valence-electron chi connectivity index (χ1n) is 4.87. The molecule has 2 nitrogen and oxygen atoms in total. The van der Waals surface area contributed by atoms with E-state index < -0.39 is 0 Å². The maximum Gasteiger partial charge on any atom is 0.0192 e. The Bertz CT molecular complexity index is 85.6. The summed E-state index contributed by atoms with van der Waals surface area (Å²) in [7, 11) is 0. The van der Waals surface area contributed by atoms with Gasteiger partial charge in [0.1, 0.15) is 0 Å². The highest BCUT2D eigenvalue weighted by atomic mass is 15.0. The zero-order chi connectivity index (χ0) is 7.94. The molecule has 1 rings (SSSR count). The SMILES string of the molecule is CCNCC1CCCCCN1. The van der Waals surface area contributed by atoms with E-state index in [2.05, 4.69) is 17.6 Å². The van der Waals surface area contributed by atoms with Crippen LogP contribution >= 0.6 is 0 Å². The molecule has 1 atom stereocenters. The highest BCUT2D eigenvalue weighted by molar-refractivity contribution is 4.72. The molecule has 0 amide bonds. The minimum absolute atomic E-state index is 0.734. The Kier molecular flexibility index (Phi) is 4.55. The van der Waals surface area contributed by atoms with Crippen molar-refractivity contribution in [1.82, 2.24) is 10.6 Å². The molecule has 1 aliphatic heterocycles. The molecule has 11 heavy (non-hydrogen) atoms. The third-order valence-corrected chi connectivity index (χ3v) is 2.30. The van der Waals surface area contributed by atoms with Crippen LogP contribution < -0.4 is 10.6 Å². The Morgan fingerprint density at radius 1 is 1.36 bits per heavy atom. The van der Waals surface area contributed by atoms with Crippen molar-refractivity contribution < 1.29 is 0 Å². The van der Waals surface area contributed by atoms with E-state index >= 15 is 0 Å². The van der Waals surface area contributed by atoms with Gasteiger partial charge < -0.3 is 10.6 Å². The van der Waals surface area contributed by atoms with Crippen molar-refractivity contribution in [3.63, 3.8) is 0 Å². The highest BCUT2D eigenvalue weighted by Crippen LogP contribution is 2.07. The van der Waals surface area contributed by atoms with Crippen LogP contribution in [-0.2, 0) is 0 Å². The van der Waals surface area contributed by atoms with Crippen molar-refractivity contribution in [2.45, 2.75) is 38.6 Å². The summed E-state index contributed by atoms with van der Waals surface area (Å²) >= 11 is 0. The lowest BCUT2D eigenvalue weighted by Crippen LogP contribution is -2.37. The molecule has 2 N–H and O–H groups in total. The van der Waals surface area contributed by atoms with Gasteiger partial charge in [0.15, 0.2) is 0 Å². The molecule has 0 aromatic rings. The van der Waals surface area contributed by atoms with Crippen molar-refractivity contribution in [3.05, 3.63) is 0 Å². The first-order chi connectivity index (χ1) is 5.43. The molecule has 1 saturated heterocycles. The van der Waals surface area contributed by atoms with E-state index in [0.717, 1.165) is 19.1 Å². The van der Waals surface area contributed by atoms with Crippen LogP contribution in [0.4, 0.5) is 0 Å². The molecule has 0 aromatic heterocycles. The van der Waals surface area contributed by atoms with Crippen LogP contribution in [0.25, 0.3) is 0 Å². The van der Waals surface area contributed by atoms with Gasteiger partial charge in [-0.1, -0.05) is 19.8 Å². The molecule has 1 aliphatic rings. The fraction of sp³-hybridized carbons (Fsp3) is 1.00. The predicted octanol–water partition coefficient (Wildman–Crippen LogP) is 1.13. The van der Waals surface area contributed by atoms with E-state index in [1.54, 1.807) is 0 Å². The summed E-state index contributed by atoms with van der Waals surface area (Å²) in [4.78, 5) is 0. The predicted molar refractivity (Wildman–Crippen MR) is 48.8 cm³/mol. The van der Waals surface area contributed by atoms with Gasteiger partial charge in [0.2, 0.25) is 0 Å². The standard InChI is InChI=1S/C9H20N2/c1-2-10-8-9-6-4-3-5-7-11-9/h9-11H,2-8H2,1H3. The van der Waals surface area contributed by atoms with E-state index in [9.17, 15) is 0 Å². The Hall–Kier alpha value is -0.0800. The number of nitrogens with one attached hydrogen (secondary N) is 2. The van der Waals surface area contributed by atoms with Crippen molar-refractivity contribution in [2.75, 3.05) is 19.6 Å². The fourth-order valence-electron chi connectivity index (χ4n) is 1.59. The van der Waals surface area contributed by atoms with Crippen molar-refractivity contribution in [2.24, 2.45) is 0 Å². The van der Waals surface area contributed by atoms with E-state index in [4.69, 9.17) is 0 Å². The van der Waals surface area contributed by atoms with Crippen LogP contribution in [0.3, 0.4) is 0 Å². The molecule has 0 radical (unpaired) electrons. The smallest absolute Gasteiger partial charge is 0.0192 e. The summed E-state index contributed by atoms with van der Waals surface area (Å²) in [5.41, 5.74) is 0. The second kappa shape index (κ2) is 5.56. The van der Waals surface area contributed by atoms with E-state index in [-0.39, 0.29) is 0 Å². The van der Waals surface area contributed by atoms with Gasteiger partial charge in [0.05, 0.1) is 0 Å². The molecule has 1 heterocycles. The molecule has 0 aliphatic carbocycles. The third kappa shape index (κ3) is 3.73. The second-order valence-electron chi connectivity index (χ2n) is 3.31. The summed E-state index contributed by atoms with van der Waals surface area (Å²) in [6, 6.07) is 0.734. The molecule has 1 fully saturated rings. The zero-order valence-corrected chi connectivity index (χ0v) is 7.53. The van der Waals surface area contributed by atoms with Crippen LogP contribution in [0.1, 0.15) is 32.6 Å². The lowest BCUT2D eigenvalue weighted by Gasteiger charge is -2.15. The Balaban J connectivity index is 2.09. The van der Waals surface area contributed by atoms with Crippen LogP contribution in [0.5, 0.6) is 0 Å². The number of hydrogen-bond acceptors (Lipinski definition) is 2. The number of rotatable bonds is 3.